The van der Waals surface area contributed by atoms with Crippen molar-refractivity contribution in [3.63, 3.8) is 0 Å². The van der Waals surface area contributed by atoms with E-state index < -0.39 is 0 Å². The van der Waals surface area contributed by atoms with E-state index in [-0.39, 0.29) is 5.75 Å². The van der Waals surface area contributed by atoms with E-state index in [0.717, 1.165) is 24.6 Å². The number of hydrogen-bond donors (Lipinski definition) is 2. The highest BCUT2D eigenvalue weighted by molar-refractivity contribution is 6.32. The highest BCUT2D eigenvalue weighted by Gasteiger charge is 2.20. The first kappa shape index (κ1) is 13.7. The van der Waals surface area contributed by atoms with Gasteiger partial charge in [-0.05, 0) is 38.0 Å². The van der Waals surface area contributed by atoms with Crippen molar-refractivity contribution in [3.05, 3.63) is 28.8 Å². The number of phenols is 1. The Morgan fingerprint density at radius 2 is 2.33 bits per heavy atom. The molecule has 4 heteroatoms. The van der Waals surface area contributed by atoms with Crippen LogP contribution in [0.15, 0.2) is 18.2 Å². The number of hydrogen-bond acceptors (Lipinski definition) is 3. The van der Waals surface area contributed by atoms with Crippen molar-refractivity contribution in [2.75, 3.05) is 26.2 Å². The fourth-order valence-electron chi connectivity index (χ4n) is 2.48. The summed E-state index contributed by atoms with van der Waals surface area (Å²) >= 11 is 5.87. The summed E-state index contributed by atoms with van der Waals surface area (Å²) in [6.45, 7) is 7.43. The zero-order valence-corrected chi connectivity index (χ0v) is 11.6. The maximum Gasteiger partial charge on any atom is 0.138 e. The van der Waals surface area contributed by atoms with Crippen LogP contribution in [0.25, 0.3) is 0 Å². The molecule has 0 aliphatic carbocycles. The van der Waals surface area contributed by atoms with Gasteiger partial charge in [-0.3, -0.25) is 0 Å². The maximum absolute atomic E-state index is 9.79. The second-order valence-electron chi connectivity index (χ2n) is 4.93. The minimum atomic E-state index is 0.202. The number of halogens is 1. The Morgan fingerprint density at radius 3 is 3.06 bits per heavy atom. The third-order valence-electron chi connectivity index (χ3n) is 3.64. The van der Waals surface area contributed by atoms with E-state index in [2.05, 4.69) is 17.1 Å². The van der Waals surface area contributed by atoms with Crippen molar-refractivity contribution in [1.82, 2.24) is 10.2 Å². The molecule has 1 aromatic carbocycles. The average molecular weight is 269 g/mol. The molecule has 1 saturated heterocycles. The number of para-hydroxylation sites is 1. The predicted molar refractivity (Wildman–Crippen MR) is 75.0 cm³/mol. The molecule has 0 bridgehead atoms. The van der Waals surface area contributed by atoms with Crippen LogP contribution in [0.2, 0.25) is 5.02 Å². The lowest BCUT2D eigenvalue weighted by Gasteiger charge is -2.14. The van der Waals surface area contributed by atoms with E-state index >= 15 is 0 Å². The standard InChI is InChI=1S/C14H21ClN2O/c1-2-17-7-6-11(10-17)8-16-9-12-4-3-5-13(15)14(12)18/h3-5,11,16,18H,2,6-10H2,1H3. The molecule has 1 aromatic rings. The van der Waals surface area contributed by atoms with Crippen molar-refractivity contribution in [3.8, 4) is 5.75 Å². The van der Waals surface area contributed by atoms with Crippen LogP contribution in [0.1, 0.15) is 18.9 Å². The number of phenolic OH excluding ortho intramolecular Hbond substituents is 1. The van der Waals surface area contributed by atoms with Gasteiger partial charge in [0.25, 0.3) is 0 Å². The lowest BCUT2D eigenvalue weighted by molar-refractivity contribution is 0.338. The van der Waals surface area contributed by atoms with Crippen LogP contribution in [0.3, 0.4) is 0 Å². The quantitative estimate of drug-likeness (QED) is 0.861. The van der Waals surface area contributed by atoms with Crippen LogP contribution in [0, 0.1) is 5.92 Å². The van der Waals surface area contributed by atoms with Gasteiger partial charge in [-0.15, -0.1) is 0 Å². The number of benzene rings is 1. The Hall–Kier alpha value is -0.770. The zero-order chi connectivity index (χ0) is 13.0. The first-order valence-electron chi connectivity index (χ1n) is 6.60. The van der Waals surface area contributed by atoms with Gasteiger partial charge >= 0.3 is 0 Å². The van der Waals surface area contributed by atoms with E-state index in [1.165, 1.54) is 19.5 Å². The molecule has 1 unspecified atom stereocenters. The summed E-state index contributed by atoms with van der Waals surface area (Å²) in [5, 5.41) is 13.6. The molecule has 3 nitrogen and oxygen atoms in total. The van der Waals surface area contributed by atoms with Crippen molar-refractivity contribution >= 4 is 11.6 Å². The molecule has 0 radical (unpaired) electrons. The third-order valence-corrected chi connectivity index (χ3v) is 3.94. The molecule has 1 aliphatic heterocycles. The fraction of sp³-hybridized carbons (Fsp3) is 0.571. The molecule has 0 saturated carbocycles. The number of likely N-dealkylation sites (tertiary alicyclic amines) is 1. The van der Waals surface area contributed by atoms with Gasteiger partial charge < -0.3 is 15.3 Å². The second-order valence-corrected chi connectivity index (χ2v) is 5.33. The largest absolute Gasteiger partial charge is 0.506 e. The number of aromatic hydroxyl groups is 1. The van der Waals surface area contributed by atoms with Crippen LogP contribution < -0.4 is 5.32 Å². The number of nitrogens with one attached hydrogen (secondary N) is 1. The SMILES string of the molecule is CCN1CCC(CNCc2cccc(Cl)c2O)C1. The van der Waals surface area contributed by atoms with Crippen molar-refractivity contribution < 1.29 is 5.11 Å². The highest BCUT2D eigenvalue weighted by Crippen LogP contribution is 2.26. The second kappa shape index (κ2) is 6.41. The summed E-state index contributed by atoms with van der Waals surface area (Å²) in [5.41, 5.74) is 0.868. The van der Waals surface area contributed by atoms with Gasteiger partial charge in [0.1, 0.15) is 5.75 Å². The van der Waals surface area contributed by atoms with E-state index in [4.69, 9.17) is 11.6 Å². The lowest BCUT2D eigenvalue weighted by atomic mass is 10.1. The van der Waals surface area contributed by atoms with E-state index in [1.54, 1.807) is 6.07 Å². The Kier molecular flexibility index (Phi) is 4.87. The molecule has 1 fully saturated rings. The van der Waals surface area contributed by atoms with Gasteiger partial charge in [-0.1, -0.05) is 30.7 Å². The van der Waals surface area contributed by atoms with E-state index in [1.807, 2.05) is 12.1 Å². The van der Waals surface area contributed by atoms with E-state index in [0.29, 0.717) is 11.6 Å². The van der Waals surface area contributed by atoms with Crippen LogP contribution in [0.5, 0.6) is 5.75 Å². The van der Waals surface area contributed by atoms with Crippen LogP contribution >= 0.6 is 11.6 Å². The molecule has 1 heterocycles. The average Bonchev–Trinajstić information content (AvgIpc) is 2.82. The smallest absolute Gasteiger partial charge is 0.138 e. The summed E-state index contributed by atoms with van der Waals surface area (Å²) in [7, 11) is 0. The number of nitrogens with zero attached hydrogens (tertiary/aromatic N) is 1. The lowest BCUT2D eigenvalue weighted by Crippen LogP contribution is -2.26. The van der Waals surface area contributed by atoms with Gasteiger partial charge in [0, 0.05) is 18.7 Å². The molecule has 1 aliphatic rings. The van der Waals surface area contributed by atoms with Crippen molar-refractivity contribution in [2.24, 2.45) is 5.92 Å². The molecule has 2 rings (SSSR count). The molecular weight excluding hydrogens is 248 g/mol. The van der Waals surface area contributed by atoms with Crippen molar-refractivity contribution in [2.45, 2.75) is 19.9 Å². The van der Waals surface area contributed by atoms with Crippen LogP contribution in [-0.2, 0) is 6.54 Å². The van der Waals surface area contributed by atoms with Gasteiger partial charge in [0.05, 0.1) is 5.02 Å². The summed E-state index contributed by atoms with van der Waals surface area (Å²) in [5.74, 6) is 0.930. The van der Waals surface area contributed by atoms with E-state index in [9.17, 15) is 5.11 Å². The fourth-order valence-corrected chi connectivity index (χ4v) is 2.67. The van der Waals surface area contributed by atoms with Crippen LogP contribution in [-0.4, -0.2) is 36.2 Å². The van der Waals surface area contributed by atoms with Gasteiger partial charge in [0.15, 0.2) is 0 Å². The predicted octanol–water partition coefficient (Wildman–Crippen LogP) is 2.48. The van der Waals surface area contributed by atoms with Gasteiger partial charge in [-0.25, -0.2) is 0 Å². The Bertz CT molecular complexity index is 397. The Balaban J connectivity index is 1.77. The Morgan fingerprint density at radius 1 is 1.50 bits per heavy atom. The first-order valence-corrected chi connectivity index (χ1v) is 6.98. The first-order chi connectivity index (χ1) is 8.70. The molecule has 0 amide bonds. The zero-order valence-electron chi connectivity index (χ0n) is 10.8. The summed E-state index contributed by atoms with van der Waals surface area (Å²) in [6.07, 6.45) is 1.27. The molecular formula is C14H21ClN2O. The number of rotatable bonds is 5. The van der Waals surface area contributed by atoms with Gasteiger partial charge in [0.2, 0.25) is 0 Å². The minimum Gasteiger partial charge on any atom is -0.506 e. The Labute approximate surface area is 114 Å². The minimum absolute atomic E-state index is 0.202. The highest BCUT2D eigenvalue weighted by atomic mass is 35.5. The topological polar surface area (TPSA) is 35.5 Å². The molecule has 100 valence electrons. The molecule has 0 spiro atoms. The van der Waals surface area contributed by atoms with Crippen LogP contribution in [0.4, 0.5) is 0 Å². The summed E-state index contributed by atoms with van der Waals surface area (Å²) in [4.78, 5) is 2.48. The third kappa shape index (κ3) is 3.37. The molecule has 2 N–H and O–H groups in total. The normalized spacial score (nSPS) is 20.4. The monoisotopic (exact) mass is 268 g/mol. The molecule has 0 aromatic heterocycles. The summed E-state index contributed by atoms with van der Waals surface area (Å²) in [6, 6.07) is 5.48. The molecule has 1 atom stereocenters. The maximum atomic E-state index is 9.79. The molecule has 18 heavy (non-hydrogen) atoms. The van der Waals surface area contributed by atoms with Crippen molar-refractivity contribution in [1.29, 1.82) is 0 Å². The van der Waals surface area contributed by atoms with Gasteiger partial charge in [-0.2, -0.15) is 0 Å². The summed E-state index contributed by atoms with van der Waals surface area (Å²) < 4.78 is 0.